The number of H-pyrrole nitrogens is 1. The Morgan fingerprint density at radius 1 is 1.03 bits per heavy atom. The highest BCUT2D eigenvalue weighted by Crippen LogP contribution is 2.45. The fourth-order valence-electron chi connectivity index (χ4n) is 9.25. The van der Waals surface area contributed by atoms with Gasteiger partial charge in [-0.05, 0) is 103 Å². The van der Waals surface area contributed by atoms with E-state index in [1.807, 2.05) is 0 Å². The maximum atomic E-state index is 14.0. The summed E-state index contributed by atoms with van der Waals surface area (Å²) in [5.41, 5.74) is 3.90. The number of amides is 2. The second-order valence-corrected chi connectivity index (χ2v) is 20.3. The molecule has 0 radical (unpaired) electrons. The van der Waals surface area contributed by atoms with Crippen LogP contribution in [0, 0.1) is 22.5 Å². The molecular weight excluding hydrogens is 918 g/mol. The molecule has 0 spiro atoms. The van der Waals surface area contributed by atoms with Crippen LogP contribution in [0.2, 0.25) is 0 Å². The molecule has 2 aliphatic heterocycles. The lowest BCUT2D eigenvalue weighted by atomic mass is 9.72. The van der Waals surface area contributed by atoms with Gasteiger partial charge in [-0.25, -0.2) is 18.1 Å². The van der Waals surface area contributed by atoms with Gasteiger partial charge in [-0.1, -0.05) is 25.5 Å². The normalized spacial score (nSPS) is 18.0. The minimum absolute atomic E-state index is 0.00148. The Balaban J connectivity index is 0.984. The van der Waals surface area contributed by atoms with Gasteiger partial charge in [-0.3, -0.25) is 24.6 Å². The maximum Gasteiger partial charge on any atom is 0.416 e. The van der Waals surface area contributed by atoms with Crippen LogP contribution in [0.3, 0.4) is 0 Å². The summed E-state index contributed by atoms with van der Waals surface area (Å²) in [7, 11) is -4.66. The van der Waals surface area contributed by atoms with Crippen molar-refractivity contribution in [2.75, 3.05) is 69.2 Å². The van der Waals surface area contributed by atoms with Crippen LogP contribution in [0.1, 0.15) is 73.5 Å². The number of pyridine rings is 1. The molecule has 69 heavy (non-hydrogen) atoms. The number of hydrogen-bond donors (Lipinski definition) is 3. The van der Waals surface area contributed by atoms with Crippen LogP contribution in [0.5, 0.6) is 11.5 Å². The Kier molecular flexibility index (Phi) is 14.1. The minimum atomic E-state index is -4.66. The van der Waals surface area contributed by atoms with Crippen molar-refractivity contribution in [3.05, 3.63) is 117 Å². The summed E-state index contributed by atoms with van der Waals surface area (Å²) in [6.07, 6.45) is 1.49. The van der Waals surface area contributed by atoms with Gasteiger partial charge in [0.25, 0.3) is 21.6 Å². The number of carbonyl (C=O) groups is 2. The molecule has 1 atom stereocenters. The molecule has 2 saturated heterocycles. The predicted molar refractivity (Wildman–Crippen MR) is 255 cm³/mol. The van der Waals surface area contributed by atoms with Crippen LogP contribution in [0.15, 0.2) is 89.6 Å². The molecule has 0 saturated carbocycles. The van der Waals surface area contributed by atoms with Gasteiger partial charge in [0.1, 0.15) is 22.8 Å². The Hall–Kier alpha value is -6.51. The molecule has 16 nitrogen and oxygen atoms in total. The molecule has 4 heterocycles. The number of nitro benzene ring substituents is 1. The molecular formula is C49H55F3N8O8S. The summed E-state index contributed by atoms with van der Waals surface area (Å²) in [6, 6.07) is 15.7. The number of carbonyl (C=O) groups excluding carboxylic acids is 2. The van der Waals surface area contributed by atoms with Gasteiger partial charge < -0.3 is 29.6 Å². The van der Waals surface area contributed by atoms with Gasteiger partial charge in [0, 0.05) is 88.7 Å². The fraction of sp³-hybridized carbons (Fsp3) is 0.408. The highest BCUT2D eigenvalue weighted by atomic mass is 32.2. The number of allylic oxidation sites excluding steroid dienone is 1. The van der Waals surface area contributed by atoms with E-state index in [0.29, 0.717) is 75.7 Å². The first-order chi connectivity index (χ1) is 32.7. The minimum Gasteiger partial charge on any atom is -0.455 e. The third kappa shape index (κ3) is 11.5. The number of nitrogens with one attached hydrogen (secondary N) is 3. The first kappa shape index (κ1) is 48.9. The zero-order chi connectivity index (χ0) is 49.3. The molecule has 5 aromatic rings. The highest BCUT2D eigenvalue weighted by molar-refractivity contribution is 7.90. The third-order valence-electron chi connectivity index (χ3n) is 13.1. The van der Waals surface area contributed by atoms with Crippen LogP contribution in [-0.2, 0) is 25.7 Å². The van der Waals surface area contributed by atoms with E-state index in [9.17, 15) is 41.3 Å². The maximum absolute atomic E-state index is 14.0. The second-order valence-electron chi connectivity index (χ2n) is 18.6. The number of nitrogens with zero attached hydrogens (tertiary/aromatic N) is 5. The number of aromatic nitrogens is 2. The number of aromatic amines is 1. The van der Waals surface area contributed by atoms with E-state index >= 15 is 0 Å². The molecule has 8 rings (SSSR count). The number of nitro groups is 1. The summed E-state index contributed by atoms with van der Waals surface area (Å²) in [4.78, 5) is 50.3. The van der Waals surface area contributed by atoms with Gasteiger partial charge in [0.05, 0.1) is 39.9 Å². The van der Waals surface area contributed by atoms with E-state index in [4.69, 9.17) is 9.47 Å². The largest absolute Gasteiger partial charge is 0.455 e. The standard InChI is InChI=1S/C49H55F3N8O8S/c1-31-23-35(49(50,51)52)5-8-40(31)42-27-48(3,4)14-11-34(42)29-57-17-19-58(20-18-57)36-6-9-41(45(25-36)68-38-24-33-12-15-54-46(33)55-28-38)47(62)56-69(65,66)39-7-10-43(44(26-39)60(63)64)53-16-13-37-30-59(32(2)61)21-22-67-37/h5-10,12,15,23-26,28,37,53H,11,13-14,16-22,27,29-30H2,1-4H3,(H,54,55)(H,56,62)/t37-/m0/s1. The Morgan fingerprint density at radius 3 is 2.54 bits per heavy atom. The second kappa shape index (κ2) is 19.8. The number of morpholine rings is 1. The van der Waals surface area contributed by atoms with Gasteiger partial charge in [-0.2, -0.15) is 13.2 Å². The van der Waals surface area contributed by atoms with Crippen LogP contribution in [-0.4, -0.2) is 110 Å². The average Bonchev–Trinajstić information content (AvgIpc) is 3.77. The Morgan fingerprint density at radius 2 is 1.81 bits per heavy atom. The molecule has 0 bridgehead atoms. The number of fused-ring (bicyclic) bond motifs is 1. The first-order valence-corrected chi connectivity index (χ1v) is 24.3. The average molecular weight is 973 g/mol. The smallest absolute Gasteiger partial charge is 0.416 e. The van der Waals surface area contributed by atoms with Crippen LogP contribution < -0.4 is 19.7 Å². The lowest BCUT2D eigenvalue weighted by molar-refractivity contribution is -0.384. The number of alkyl halides is 3. The zero-order valence-corrected chi connectivity index (χ0v) is 39.6. The van der Waals surface area contributed by atoms with Crippen molar-refractivity contribution in [2.45, 2.75) is 70.6 Å². The van der Waals surface area contributed by atoms with Crippen molar-refractivity contribution in [1.82, 2.24) is 24.5 Å². The summed E-state index contributed by atoms with van der Waals surface area (Å²) in [6.45, 7) is 12.3. The number of aryl methyl sites for hydroxylation is 1. The molecule has 3 aromatic carbocycles. The van der Waals surface area contributed by atoms with E-state index in [0.717, 1.165) is 41.9 Å². The lowest BCUT2D eigenvalue weighted by Crippen LogP contribution is -2.47. The summed E-state index contributed by atoms with van der Waals surface area (Å²) in [5.74, 6) is -0.770. The number of hydrogen-bond acceptors (Lipinski definition) is 12. The van der Waals surface area contributed by atoms with Crippen molar-refractivity contribution >= 4 is 55.5 Å². The molecule has 2 amide bonds. The van der Waals surface area contributed by atoms with Crippen molar-refractivity contribution in [2.24, 2.45) is 5.41 Å². The number of halogens is 3. The van der Waals surface area contributed by atoms with Crippen LogP contribution in [0.25, 0.3) is 16.6 Å². The molecule has 3 aliphatic rings. The molecule has 2 fully saturated rings. The molecule has 2 aromatic heterocycles. The summed E-state index contributed by atoms with van der Waals surface area (Å²) in [5, 5.41) is 15.9. The van der Waals surface area contributed by atoms with Gasteiger partial charge in [0.2, 0.25) is 5.91 Å². The van der Waals surface area contributed by atoms with E-state index in [1.165, 1.54) is 49.0 Å². The topological polar surface area (TPSA) is 192 Å². The van der Waals surface area contributed by atoms with Crippen LogP contribution >= 0.6 is 0 Å². The number of rotatable bonds is 14. The molecule has 1 aliphatic carbocycles. The van der Waals surface area contributed by atoms with Crippen molar-refractivity contribution in [3.63, 3.8) is 0 Å². The van der Waals surface area contributed by atoms with Crippen molar-refractivity contribution < 1.29 is 45.6 Å². The Bertz CT molecular complexity index is 2910. The fourth-order valence-corrected chi connectivity index (χ4v) is 10.2. The molecule has 0 unspecified atom stereocenters. The quantitative estimate of drug-likeness (QED) is 0.0711. The Labute approximate surface area is 398 Å². The summed E-state index contributed by atoms with van der Waals surface area (Å²) >= 11 is 0. The van der Waals surface area contributed by atoms with E-state index < -0.39 is 43.2 Å². The number of anilines is 2. The van der Waals surface area contributed by atoms with E-state index in [2.05, 4.69) is 43.7 Å². The van der Waals surface area contributed by atoms with Gasteiger partial charge >= 0.3 is 6.18 Å². The molecule has 20 heteroatoms. The van der Waals surface area contributed by atoms with E-state index in [1.54, 1.807) is 48.4 Å². The van der Waals surface area contributed by atoms with E-state index in [-0.39, 0.29) is 46.7 Å². The van der Waals surface area contributed by atoms with Gasteiger partial charge in [-0.15, -0.1) is 0 Å². The van der Waals surface area contributed by atoms with Crippen molar-refractivity contribution in [1.29, 1.82) is 0 Å². The first-order valence-electron chi connectivity index (χ1n) is 22.8. The number of benzene rings is 3. The molecule has 366 valence electrons. The lowest BCUT2D eigenvalue weighted by Gasteiger charge is -2.39. The third-order valence-corrected chi connectivity index (χ3v) is 14.4. The van der Waals surface area contributed by atoms with Crippen molar-refractivity contribution in [3.8, 4) is 11.5 Å². The number of piperazine rings is 1. The monoisotopic (exact) mass is 972 g/mol. The van der Waals surface area contributed by atoms with Crippen LogP contribution in [0.4, 0.5) is 30.2 Å². The van der Waals surface area contributed by atoms with Gasteiger partial charge in [0.15, 0.2) is 0 Å². The zero-order valence-electron chi connectivity index (χ0n) is 38.8. The highest BCUT2D eigenvalue weighted by Gasteiger charge is 2.34. The SMILES string of the molecule is CC(=O)N1CCO[C@@H](CCNc2ccc(S(=O)(=O)NC(=O)c3ccc(N4CCN(CC5=C(c6ccc(C(F)(F)F)cc6C)CC(C)(C)CC5)CC4)cc3Oc3cnc4[nH]ccc4c3)cc2[N+](=O)[O-])C1. The number of ether oxygens (including phenoxy) is 2. The predicted octanol–water partition coefficient (Wildman–Crippen LogP) is 8.54. The number of sulfonamides is 1. The molecule has 3 N–H and O–H groups in total. The summed E-state index contributed by atoms with van der Waals surface area (Å²) < 4.78 is 82.3.